The van der Waals surface area contributed by atoms with Gasteiger partial charge in [0.05, 0.1) is 10.7 Å². The third-order valence-corrected chi connectivity index (χ3v) is 6.10. The number of nitrogens with one attached hydrogen (secondary N) is 1. The van der Waals surface area contributed by atoms with Crippen molar-refractivity contribution in [3.8, 4) is 0 Å². The van der Waals surface area contributed by atoms with Gasteiger partial charge in [-0.15, -0.1) is 11.3 Å². The van der Waals surface area contributed by atoms with Crippen molar-refractivity contribution in [2.75, 3.05) is 11.9 Å². The summed E-state index contributed by atoms with van der Waals surface area (Å²) >= 11 is 13.8. The Kier molecular flexibility index (Phi) is 5.96. The Morgan fingerprint density at radius 2 is 1.96 bits per heavy atom. The number of rotatable bonds is 4. The van der Waals surface area contributed by atoms with Crippen LogP contribution < -0.4 is 5.32 Å². The van der Waals surface area contributed by atoms with E-state index in [0.717, 1.165) is 15.8 Å². The molecule has 1 N–H and O–H groups in total. The molecule has 0 bridgehead atoms. The fourth-order valence-corrected chi connectivity index (χ4v) is 4.72. The second-order valence-electron chi connectivity index (χ2n) is 5.13. The maximum absolute atomic E-state index is 13.3. The number of halogens is 4. The highest BCUT2D eigenvalue weighted by Gasteiger charge is 2.20. The molecule has 0 aliphatic heterocycles. The summed E-state index contributed by atoms with van der Waals surface area (Å²) in [5.41, 5.74) is 0.546. The Morgan fingerprint density at radius 3 is 2.69 bits per heavy atom. The van der Waals surface area contributed by atoms with E-state index in [-0.39, 0.29) is 9.90 Å². The zero-order valence-corrected chi connectivity index (χ0v) is 17.6. The predicted molar refractivity (Wildman–Crippen MR) is 108 cm³/mol. The molecule has 1 amide bonds. The molecule has 2 aromatic carbocycles. The number of fused-ring (bicyclic) bond motifs is 1. The minimum absolute atomic E-state index is 0.130. The first-order chi connectivity index (χ1) is 12.3. The summed E-state index contributed by atoms with van der Waals surface area (Å²) in [5, 5.41) is 3.38. The highest BCUT2D eigenvalue weighted by atomic mass is 79.9. The molecule has 0 fully saturated rings. The standard InChI is InChI=1S/C17H9Br2ClFNO3S/c18-8-1-4-12(11(19)5-8)22-14(23)7-25-17(24)16-15(20)10-3-2-9(21)6-13(10)26-16/h1-6H,7H2,(H,22,23). The minimum Gasteiger partial charge on any atom is -0.451 e. The molecule has 0 unspecified atom stereocenters. The first-order valence-corrected chi connectivity index (χ1v) is 9.93. The van der Waals surface area contributed by atoms with Gasteiger partial charge in [-0.1, -0.05) is 27.5 Å². The quantitative estimate of drug-likeness (QED) is 0.428. The van der Waals surface area contributed by atoms with Gasteiger partial charge in [0.1, 0.15) is 10.7 Å². The van der Waals surface area contributed by atoms with Crippen molar-refractivity contribution >= 4 is 82.4 Å². The lowest BCUT2D eigenvalue weighted by Gasteiger charge is -2.08. The predicted octanol–water partition coefficient (Wildman–Crippen LogP) is 6.01. The van der Waals surface area contributed by atoms with Crippen LogP contribution in [0.4, 0.5) is 10.1 Å². The number of anilines is 1. The van der Waals surface area contributed by atoms with E-state index in [1.807, 2.05) is 0 Å². The maximum Gasteiger partial charge on any atom is 0.350 e. The molecule has 3 aromatic rings. The third kappa shape index (κ3) is 4.25. The maximum atomic E-state index is 13.3. The first-order valence-electron chi connectivity index (χ1n) is 7.14. The molecule has 0 spiro atoms. The van der Waals surface area contributed by atoms with Gasteiger partial charge in [-0.2, -0.15) is 0 Å². The molecule has 4 nitrogen and oxygen atoms in total. The van der Waals surface area contributed by atoms with Crippen molar-refractivity contribution in [3.63, 3.8) is 0 Å². The minimum atomic E-state index is -0.735. The van der Waals surface area contributed by atoms with Crippen molar-refractivity contribution < 1.29 is 18.7 Å². The summed E-state index contributed by atoms with van der Waals surface area (Å²) < 4.78 is 20.4. The fourth-order valence-electron chi connectivity index (χ4n) is 2.14. The van der Waals surface area contributed by atoms with E-state index in [9.17, 15) is 14.0 Å². The highest BCUT2D eigenvalue weighted by molar-refractivity contribution is 9.11. The molecule has 1 heterocycles. The molecule has 1 aromatic heterocycles. The number of hydrogen-bond acceptors (Lipinski definition) is 4. The molecule has 0 aliphatic rings. The van der Waals surface area contributed by atoms with Crippen LogP contribution in [0.2, 0.25) is 5.02 Å². The van der Waals surface area contributed by atoms with E-state index >= 15 is 0 Å². The smallest absolute Gasteiger partial charge is 0.350 e. The van der Waals surface area contributed by atoms with Gasteiger partial charge in [-0.25, -0.2) is 9.18 Å². The van der Waals surface area contributed by atoms with Crippen LogP contribution >= 0.6 is 54.8 Å². The Bertz CT molecular complexity index is 1020. The molecular formula is C17H9Br2ClFNO3S. The van der Waals surface area contributed by atoms with Crippen LogP contribution in [0.5, 0.6) is 0 Å². The van der Waals surface area contributed by atoms with Crippen LogP contribution in [0.25, 0.3) is 10.1 Å². The average Bonchev–Trinajstić information content (AvgIpc) is 2.91. The van der Waals surface area contributed by atoms with Crippen LogP contribution in [-0.2, 0) is 9.53 Å². The number of esters is 1. The number of amides is 1. The lowest BCUT2D eigenvalue weighted by atomic mass is 10.2. The second kappa shape index (κ2) is 8.04. The molecule has 0 aliphatic carbocycles. The van der Waals surface area contributed by atoms with E-state index in [2.05, 4.69) is 37.2 Å². The van der Waals surface area contributed by atoms with Gasteiger partial charge in [0.25, 0.3) is 5.91 Å². The topological polar surface area (TPSA) is 55.4 Å². The molecule has 0 saturated carbocycles. The number of carbonyl (C=O) groups is 2. The van der Waals surface area contributed by atoms with Gasteiger partial charge < -0.3 is 10.1 Å². The first kappa shape index (κ1) is 19.3. The van der Waals surface area contributed by atoms with Crippen LogP contribution in [-0.4, -0.2) is 18.5 Å². The van der Waals surface area contributed by atoms with Crippen molar-refractivity contribution in [1.82, 2.24) is 0 Å². The number of carbonyl (C=O) groups excluding carboxylic acids is 2. The van der Waals surface area contributed by atoms with E-state index < -0.39 is 24.3 Å². The van der Waals surface area contributed by atoms with E-state index in [1.54, 1.807) is 18.2 Å². The largest absolute Gasteiger partial charge is 0.451 e. The molecule has 3 rings (SSSR count). The Morgan fingerprint density at radius 1 is 1.19 bits per heavy atom. The molecule has 134 valence electrons. The fraction of sp³-hybridized carbons (Fsp3) is 0.0588. The number of ether oxygens (including phenoxy) is 1. The van der Waals surface area contributed by atoms with E-state index in [4.69, 9.17) is 16.3 Å². The second-order valence-corrected chi connectivity index (χ2v) is 8.33. The van der Waals surface area contributed by atoms with Crippen LogP contribution in [0.3, 0.4) is 0 Å². The van der Waals surface area contributed by atoms with Gasteiger partial charge >= 0.3 is 5.97 Å². The monoisotopic (exact) mass is 519 g/mol. The molecule has 26 heavy (non-hydrogen) atoms. The summed E-state index contributed by atoms with van der Waals surface area (Å²) in [6, 6.07) is 9.30. The van der Waals surface area contributed by atoms with E-state index in [0.29, 0.717) is 20.2 Å². The average molecular weight is 522 g/mol. The Balaban J connectivity index is 1.67. The molecular weight excluding hydrogens is 513 g/mol. The number of thiophene rings is 1. The summed E-state index contributed by atoms with van der Waals surface area (Å²) in [6.07, 6.45) is 0. The number of hydrogen-bond donors (Lipinski definition) is 1. The summed E-state index contributed by atoms with van der Waals surface area (Å²) in [6.45, 7) is -0.472. The lowest BCUT2D eigenvalue weighted by molar-refractivity contribution is -0.119. The van der Waals surface area contributed by atoms with Gasteiger partial charge in [-0.3, -0.25) is 4.79 Å². The summed E-state index contributed by atoms with van der Waals surface area (Å²) in [7, 11) is 0. The normalized spacial score (nSPS) is 10.8. The zero-order valence-electron chi connectivity index (χ0n) is 12.8. The van der Waals surface area contributed by atoms with Crippen molar-refractivity contribution in [2.24, 2.45) is 0 Å². The molecule has 0 radical (unpaired) electrons. The van der Waals surface area contributed by atoms with Crippen LogP contribution in [0.1, 0.15) is 9.67 Å². The third-order valence-electron chi connectivity index (χ3n) is 3.32. The van der Waals surface area contributed by atoms with Gasteiger partial charge in [0, 0.05) is 19.0 Å². The summed E-state index contributed by atoms with van der Waals surface area (Å²) in [4.78, 5) is 24.3. The SMILES string of the molecule is O=C(COC(=O)c1sc2cc(F)ccc2c1Cl)Nc1ccc(Br)cc1Br. The molecule has 0 saturated heterocycles. The lowest BCUT2D eigenvalue weighted by Crippen LogP contribution is -2.20. The zero-order chi connectivity index (χ0) is 18.8. The summed E-state index contributed by atoms with van der Waals surface area (Å²) in [5.74, 6) is -1.65. The van der Waals surface area contributed by atoms with E-state index in [1.165, 1.54) is 18.2 Å². The van der Waals surface area contributed by atoms with Crippen LogP contribution in [0.15, 0.2) is 45.3 Å². The van der Waals surface area contributed by atoms with Crippen molar-refractivity contribution in [1.29, 1.82) is 0 Å². The number of benzene rings is 2. The van der Waals surface area contributed by atoms with Gasteiger partial charge in [0.15, 0.2) is 6.61 Å². The Hall–Kier alpha value is -1.48. The molecule has 0 atom stereocenters. The van der Waals surface area contributed by atoms with Crippen molar-refractivity contribution in [2.45, 2.75) is 0 Å². The van der Waals surface area contributed by atoms with Crippen LogP contribution in [0, 0.1) is 5.82 Å². The van der Waals surface area contributed by atoms with Gasteiger partial charge in [-0.05, 0) is 52.3 Å². The Labute approximate surface area is 173 Å². The highest BCUT2D eigenvalue weighted by Crippen LogP contribution is 2.36. The van der Waals surface area contributed by atoms with Gasteiger partial charge in [0.2, 0.25) is 0 Å². The van der Waals surface area contributed by atoms with Crippen molar-refractivity contribution in [3.05, 3.63) is 61.1 Å². The molecule has 9 heteroatoms.